The summed E-state index contributed by atoms with van der Waals surface area (Å²) in [5, 5.41) is 5.73. The Morgan fingerprint density at radius 3 is 2.95 bits per heavy atom. The molecular weight excluding hydrogens is 264 g/mol. The second-order valence-electron chi connectivity index (χ2n) is 5.62. The number of rotatable bonds is 4. The second-order valence-corrected chi connectivity index (χ2v) is 6.62. The zero-order valence-corrected chi connectivity index (χ0v) is 13.1. The molecule has 0 aliphatic carbocycles. The summed E-state index contributed by atoms with van der Waals surface area (Å²) >= 11 is 1.84. The standard InChI is InChI=1S/C17H22N2S/c1-13-7-9-20-17(13)12-18-11-14-5-6-16-15(10-14)4-3-8-19(16)2/h5-7,9-10,18H,3-4,8,11-12H2,1-2H3. The molecule has 20 heavy (non-hydrogen) atoms. The first-order valence-corrected chi connectivity index (χ1v) is 8.18. The van der Waals surface area contributed by atoms with Crippen molar-refractivity contribution in [1.29, 1.82) is 0 Å². The van der Waals surface area contributed by atoms with Crippen LogP contribution < -0.4 is 10.2 Å². The highest BCUT2D eigenvalue weighted by Crippen LogP contribution is 2.26. The molecule has 1 N–H and O–H groups in total. The van der Waals surface area contributed by atoms with Crippen molar-refractivity contribution < 1.29 is 0 Å². The Balaban J connectivity index is 1.62. The fourth-order valence-electron chi connectivity index (χ4n) is 2.85. The molecule has 0 atom stereocenters. The second kappa shape index (κ2) is 5.98. The average molecular weight is 286 g/mol. The van der Waals surface area contributed by atoms with Gasteiger partial charge in [0.1, 0.15) is 0 Å². The fourth-order valence-corrected chi connectivity index (χ4v) is 3.73. The van der Waals surface area contributed by atoms with Gasteiger partial charge in [0.05, 0.1) is 0 Å². The van der Waals surface area contributed by atoms with Gasteiger partial charge in [0.2, 0.25) is 0 Å². The van der Waals surface area contributed by atoms with E-state index in [1.807, 2.05) is 11.3 Å². The van der Waals surface area contributed by atoms with Crippen molar-refractivity contribution in [1.82, 2.24) is 5.32 Å². The minimum absolute atomic E-state index is 0.953. The Bertz CT molecular complexity index is 588. The quantitative estimate of drug-likeness (QED) is 0.921. The largest absolute Gasteiger partial charge is 0.374 e. The molecule has 0 saturated carbocycles. The zero-order chi connectivity index (χ0) is 13.9. The maximum Gasteiger partial charge on any atom is 0.0396 e. The summed E-state index contributed by atoms with van der Waals surface area (Å²) < 4.78 is 0. The molecule has 3 rings (SSSR count). The molecule has 1 aromatic carbocycles. The Morgan fingerprint density at radius 1 is 1.25 bits per heavy atom. The number of nitrogens with zero attached hydrogens (tertiary/aromatic N) is 1. The molecule has 1 aromatic heterocycles. The lowest BCUT2D eigenvalue weighted by Gasteiger charge is -2.27. The van der Waals surface area contributed by atoms with Gasteiger partial charge in [-0.1, -0.05) is 12.1 Å². The Hall–Kier alpha value is -1.32. The molecule has 0 bridgehead atoms. The molecule has 0 amide bonds. The Morgan fingerprint density at radius 2 is 2.15 bits per heavy atom. The first-order chi connectivity index (χ1) is 9.74. The SMILES string of the molecule is Cc1ccsc1CNCc1ccc2c(c1)CCCN2C. The van der Waals surface area contributed by atoms with Gasteiger partial charge in [-0.2, -0.15) is 0 Å². The van der Waals surface area contributed by atoms with Crippen LogP contribution in [-0.2, 0) is 19.5 Å². The number of hydrogen-bond donors (Lipinski definition) is 1. The summed E-state index contributed by atoms with van der Waals surface area (Å²) in [6, 6.07) is 9.10. The molecule has 1 aliphatic heterocycles. The summed E-state index contributed by atoms with van der Waals surface area (Å²) in [6.07, 6.45) is 2.49. The lowest BCUT2D eigenvalue weighted by Crippen LogP contribution is -2.24. The van der Waals surface area contributed by atoms with Crippen molar-refractivity contribution in [2.45, 2.75) is 32.9 Å². The average Bonchev–Trinajstić information content (AvgIpc) is 2.85. The maximum absolute atomic E-state index is 3.56. The van der Waals surface area contributed by atoms with Gasteiger partial charge in [-0.3, -0.25) is 0 Å². The molecule has 2 nitrogen and oxygen atoms in total. The third-order valence-electron chi connectivity index (χ3n) is 4.08. The minimum atomic E-state index is 0.953. The van der Waals surface area contributed by atoms with E-state index in [0.717, 1.165) is 13.1 Å². The minimum Gasteiger partial charge on any atom is -0.374 e. The van der Waals surface area contributed by atoms with Crippen LogP contribution in [0.25, 0.3) is 0 Å². The van der Waals surface area contributed by atoms with Crippen molar-refractivity contribution >= 4 is 17.0 Å². The molecule has 0 radical (unpaired) electrons. The van der Waals surface area contributed by atoms with E-state index >= 15 is 0 Å². The highest BCUT2D eigenvalue weighted by molar-refractivity contribution is 7.10. The molecular formula is C17H22N2S. The third-order valence-corrected chi connectivity index (χ3v) is 5.10. The van der Waals surface area contributed by atoms with Gasteiger partial charge in [-0.05, 0) is 54.0 Å². The molecule has 0 saturated heterocycles. The van der Waals surface area contributed by atoms with Crippen molar-refractivity contribution in [3.63, 3.8) is 0 Å². The van der Waals surface area contributed by atoms with Gasteiger partial charge in [0.25, 0.3) is 0 Å². The van der Waals surface area contributed by atoms with Crippen molar-refractivity contribution in [2.75, 3.05) is 18.5 Å². The molecule has 0 unspecified atom stereocenters. The van der Waals surface area contributed by atoms with Gasteiger partial charge >= 0.3 is 0 Å². The zero-order valence-electron chi connectivity index (χ0n) is 12.3. The van der Waals surface area contributed by atoms with Gasteiger partial charge in [0, 0.05) is 37.2 Å². The van der Waals surface area contributed by atoms with Gasteiger partial charge in [-0.15, -0.1) is 11.3 Å². The lowest BCUT2D eigenvalue weighted by atomic mass is 9.99. The van der Waals surface area contributed by atoms with E-state index < -0.39 is 0 Å². The molecule has 3 heteroatoms. The van der Waals surface area contributed by atoms with E-state index in [9.17, 15) is 0 Å². The van der Waals surface area contributed by atoms with Crippen molar-refractivity contribution in [3.8, 4) is 0 Å². The smallest absolute Gasteiger partial charge is 0.0396 e. The Kier molecular flexibility index (Phi) is 4.08. The van der Waals surface area contributed by atoms with Crippen LogP contribution in [0.15, 0.2) is 29.6 Å². The van der Waals surface area contributed by atoms with Crippen LogP contribution in [-0.4, -0.2) is 13.6 Å². The van der Waals surface area contributed by atoms with Crippen LogP contribution in [0.4, 0.5) is 5.69 Å². The van der Waals surface area contributed by atoms with Crippen LogP contribution in [0, 0.1) is 6.92 Å². The van der Waals surface area contributed by atoms with E-state index in [1.165, 1.54) is 46.6 Å². The molecule has 106 valence electrons. The van der Waals surface area contributed by atoms with Crippen LogP contribution in [0.3, 0.4) is 0 Å². The van der Waals surface area contributed by atoms with Crippen LogP contribution in [0.2, 0.25) is 0 Å². The van der Waals surface area contributed by atoms with Gasteiger partial charge in [0.15, 0.2) is 0 Å². The molecule has 2 aromatic rings. The van der Waals surface area contributed by atoms with Gasteiger partial charge in [-0.25, -0.2) is 0 Å². The van der Waals surface area contributed by atoms with E-state index in [2.05, 4.69) is 53.8 Å². The van der Waals surface area contributed by atoms with Crippen LogP contribution >= 0.6 is 11.3 Å². The van der Waals surface area contributed by atoms with E-state index in [0.29, 0.717) is 0 Å². The number of nitrogens with one attached hydrogen (secondary N) is 1. The summed E-state index contributed by atoms with van der Waals surface area (Å²) in [7, 11) is 2.19. The first kappa shape index (κ1) is 13.7. The summed E-state index contributed by atoms with van der Waals surface area (Å²) in [4.78, 5) is 3.81. The lowest BCUT2D eigenvalue weighted by molar-refractivity contribution is 0.694. The Labute approximate surface area is 125 Å². The summed E-state index contributed by atoms with van der Waals surface area (Å²) in [5.41, 5.74) is 5.71. The predicted molar refractivity (Wildman–Crippen MR) is 87.6 cm³/mol. The maximum atomic E-state index is 3.56. The van der Waals surface area contributed by atoms with E-state index in [4.69, 9.17) is 0 Å². The summed E-state index contributed by atoms with van der Waals surface area (Å²) in [6.45, 7) is 5.29. The monoisotopic (exact) mass is 286 g/mol. The van der Waals surface area contributed by atoms with E-state index in [-0.39, 0.29) is 0 Å². The fraction of sp³-hybridized carbons (Fsp3) is 0.412. The highest BCUT2D eigenvalue weighted by Gasteiger charge is 2.13. The number of hydrogen-bond acceptors (Lipinski definition) is 3. The molecule has 0 fully saturated rings. The molecule has 2 heterocycles. The van der Waals surface area contributed by atoms with Crippen molar-refractivity contribution in [3.05, 3.63) is 51.2 Å². The highest BCUT2D eigenvalue weighted by atomic mass is 32.1. The molecule has 0 spiro atoms. The van der Waals surface area contributed by atoms with Gasteiger partial charge < -0.3 is 10.2 Å². The van der Waals surface area contributed by atoms with Crippen molar-refractivity contribution in [2.24, 2.45) is 0 Å². The van der Waals surface area contributed by atoms with Crippen LogP contribution in [0.1, 0.15) is 28.0 Å². The number of anilines is 1. The topological polar surface area (TPSA) is 15.3 Å². The summed E-state index contributed by atoms with van der Waals surface area (Å²) in [5.74, 6) is 0. The number of fused-ring (bicyclic) bond motifs is 1. The number of aryl methyl sites for hydroxylation is 2. The number of benzene rings is 1. The third kappa shape index (κ3) is 2.89. The van der Waals surface area contributed by atoms with E-state index in [1.54, 1.807) is 0 Å². The predicted octanol–water partition coefficient (Wildman–Crippen LogP) is 3.73. The first-order valence-electron chi connectivity index (χ1n) is 7.30. The normalized spacial score (nSPS) is 14.4. The number of thiophene rings is 1. The van der Waals surface area contributed by atoms with Crippen LogP contribution in [0.5, 0.6) is 0 Å². The molecule has 1 aliphatic rings.